The Hall–Kier alpha value is -2.14. The van der Waals surface area contributed by atoms with Gasteiger partial charge in [0, 0.05) is 14.1 Å². The maximum atomic E-state index is 4.92. The molecule has 0 aromatic carbocycles. The zero-order valence-corrected chi connectivity index (χ0v) is 13.7. The van der Waals surface area contributed by atoms with Crippen molar-refractivity contribution < 1.29 is 0 Å². The largest absolute Gasteiger partial charge is 0.364 e. The molecule has 114 valence electrons. The summed E-state index contributed by atoms with van der Waals surface area (Å²) in [4.78, 5) is 4.28. The number of nitrogens with zero attached hydrogens (tertiary/aromatic N) is 4. The third-order valence-electron chi connectivity index (χ3n) is 2.26. The van der Waals surface area contributed by atoms with E-state index in [1.54, 1.807) is 27.9 Å². The first kappa shape index (κ1) is 16.9. The highest BCUT2D eigenvalue weighted by Crippen LogP contribution is 1.97. The first-order chi connectivity index (χ1) is 9.97. The van der Waals surface area contributed by atoms with Crippen molar-refractivity contribution in [2.24, 2.45) is 10.2 Å². The zero-order chi connectivity index (χ0) is 15.8. The monoisotopic (exact) mass is 327 g/mol. The predicted octanol–water partition coefficient (Wildman–Crippen LogP) is -0.559. The molecular formula is C10H17N9S2. The fourth-order valence-corrected chi connectivity index (χ4v) is 1.16. The van der Waals surface area contributed by atoms with Gasteiger partial charge in [0.05, 0.1) is 0 Å². The molecule has 11 heteroatoms. The van der Waals surface area contributed by atoms with Crippen LogP contribution < -0.4 is 21.5 Å². The lowest BCUT2D eigenvalue weighted by Gasteiger charge is -2.01. The van der Waals surface area contributed by atoms with E-state index in [9.17, 15) is 0 Å². The lowest BCUT2D eigenvalue weighted by molar-refractivity contribution is 0.964. The minimum atomic E-state index is 0.410. The standard InChI is InChI=1S/C10H17N9S2/c1-5(14-18-9(20)11-3)7-13-8(17-16-7)6(2)15-19-10(21)12-4/h1-4H3,(H2,11,18,20)(H2,12,19,21)(H,13,16,17)/b14-5-,15-6+. The number of thiocarbonyl (C=S) groups is 2. The number of hydrogen-bond donors (Lipinski definition) is 5. The van der Waals surface area contributed by atoms with Crippen molar-refractivity contribution >= 4 is 46.1 Å². The maximum absolute atomic E-state index is 4.92. The smallest absolute Gasteiger partial charge is 0.197 e. The summed E-state index contributed by atoms with van der Waals surface area (Å²) in [6.45, 7) is 3.54. The molecule has 0 aliphatic rings. The van der Waals surface area contributed by atoms with Gasteiger partial charge in [-0.05, 0) is 38.3 Å². The SMILES string of the molecule is CNC(=S)N/N=C(/C)c1n[nH]c(/C(C)=N/NC(=S)NC)n1. The number of H-pyrrole nitrogens is 1. The Bertz CT molecular complexity index is 526. The molecule has 0 saturated heterocycles. The molecule has 0 atom stereocenters. The van der Waals surface area contributed by atoms with Crippen LogP contribution >= 0.6 is 24.4 Å². The van der Waals surface area contributed by atoms with Gasteiger partial charge in [-0.25, -0.2) is 4.98 Å². The highest BCUT2D eigenvalue weighted by molar-refractivity contribution is 7.80. The van der Waals surface area contributed by atoms with Crippen LogP contribution in [0.1, 0.15) is 25.5 Å². The summed E-state index contributed by atoms with van der Waals surface area (Å²) >= 11 is 9.84. The first-order valence-electron chi connectivity index (χ1n) is 5.95. The number of hydrogen-bond acceptors (Lipinski definition) is 6. The Balaban J connectivity index is 2.76. The van der Waals surface area contributed by atoms with Crippen molar-refractivity contribution in [3.63, 3.8) is 0 Å². The molecule has 0 amide bonds. The van der Waals surface area contributed by atoms with E-state index in [0.717, 1.165) is 0 Å². The van der Waals surface area contributed by atoms with E-state index >= 15 is 0 Å². The molecule has 1 rings (SSSR count). The lowest BCUT2D eigenvalue weighted by atomic mass is 10.4. The second-order valence-electron chi connectivity index (χ2n) is 3.78. The minimum absolute atomic E-state index is 0.410. The van der Waals surface area contributed by atoms with Crippen molar-refractivity contribution in [1.29, 1.82) is 0 Å². The molecule has 0 fully saturated rings. The van der Waals surface area contributed by atoms with Crippen molar-refractivity contribution in [2.45, 2.75) is 13.8 Å². The molecule has 0 unspecified atom stereocenters. The van der Waals surface area contributed by atoms with Crippen LogP contribution in [0.5, 0.6) is 0 Å². The Kier molecular flexibility index (Phi) is 6.62. The van der Waals surface area contributed by atoms with Gasteiger partial charge in [-0.15, -0.1) is 0 Å². The zero-order valence-electron chi connectivity index (χ0n) is 12.1. The molecule has 0 aliphatic heterocycles. The normalized spacial score (nSPS) is 11.8. The fourth-order valence-electron chi connectivity index (χ4n) is 1.07. The molecule has 0 radical (unpaired) electrons. The van der Waals surface area contributed by atoms with E-state index in [0.29, 0.717) is 33.3 Å². The van der Waals surface area contributed by atoms with E-state index in [1.807, 2.05) is 0 Å². The Labute approximate surface area is 133 Å². The van der Waals surface area contributed by atoms with Crippen LogP contribution in [0.4, 0.5) is 0 Å². The van der Waals surface area contributed by atoms with E-state index < -0.39 is 0 Å². The van der Waals surface area contributed by atoms with Crippen LogP contribution in [0.3, 0.4) is 0 Å². The number of nitrogens with one attached hydrogen (secondary N) is 5. The summed E-state index contributed by atoms with van der Waals surface area (Å²) in [7, 11) is 3.41. The Morgan fingerprint density at radius 1 is 1.00 bits per heavy atom. The molecule has 1 aromatic rings. The van der Waals surface area contributed by atoms with Gasteiger partial charge in [-0.1, -0.05) is 0 Å². The van der Waals surface area contributed by atoms with Crippen LogP contribution in [0.15, 0.2) is 10.2 Å². The Morgan fingerprint density at radius 2 is 1.52 bits per heavy atom. The summed E-state index contributed by atoms with van der Waals surface area (Å²) in [5.74, 6) is 0.962. The van der Waals surface area contributed by atoms with Crippen molar-refractivity contribution in [3.05, 3.63) is 11.6 Å². The van der Waals surface area contributed by atoms with Gasteiger partial charge in [0.2, 0.25) is 0 Å². The number of aromatic nitrogens is 3. The second-order valence-corrected chi connectivity index (χ2v) is 4.60. The van der Waals surface area contributed by atoms with Crippen molar-refractivity contribution in [3.8, 4) is 0 Å². The molecule has 0 bridgehead atoms. The van der Waals surface area contributed by atoms with Crippen LogP contribution in [0.25, 0.3) is 0 Å². The van der Waals surface area contributed by atoms with Crippen LogP contribution in [-0.2, 0) is 0 Å². The van der Waals surface area contributed by atoms with Gasteiger partial charge in [-0.3, -0.25) is 16.0 Å². The van der Waals surface area contributed by atoms with E-state index in [4.69, 9.17) is 24.4 Å². The molecule has 1 heterocycles. The highest BCUT2D eigenvalue weighted by Gasteiger charge is 2.09. The summed E-state index contributed by atoms with van der Waals surface area (Å²) in [5, 5.41) is 21.3. The van der Waals surface area contributed by atoms with Crippen molar-refractivity contribution in [1.82, 2.24) is 36.7 Å². The van der Waals surface area contributed by atoms with E-state index in [-0.39, 0.29) is 0 Å². The molecule has 0 aliphatic carbocycles. The van der Waals surface area contributed by atoms with Gasteiger partial charge in [-0.2, -0.15) is 15.3 Å². The quantitative estimate of drug-likeness (QED) is 0.284. The first-order valence-corrected chi connectivity index (χ1v) is 6.76. The summed E-state index contributed by atoms with van der Waals surface area (Å²) in [5.41, 5.74) is 6.53. The summed E-state index contributed by atoms with van der Waals surface area (Å²) < 4.78 is 0. The Morgan fingerprint density at radius 3 is 2.05 bits per heavy atom. The molecule has 5 N–H and O–H groups in total. The fraction of sp³-hybridized carbons (Fsp3) is 0.400. The lowest BCUT2D eigenvalue weighted by Crippen LogP contribution is -2.29. The average molecular weight is 327 g/mol. The second kappa shape index (κ2) is 8.21. The molecule has 0 spiro atoms. The minimum Gasteiger partial charge on any atom is -0.364 e. The summed E-state index contributed by atoms with van der Waals surface area (Å²) in [6.07, 6.45) is 0. The van der Waals surface area contributed by atoms with Crippen LogP contribution in [0, 0.1) is 0 Å². The van der Waals surface area contributed by atoms with Crippen LogP contribution in [-0.4, -0.2) is 50.9 Å². The molecule has 0 saturated carbocycles. The number of hydrazone groups is 2. The average Bonchev–Trinajstić information content (AvgIpc) is 2.99. The van der Waals surface area contributed by atoms with Gasteiger partial charge in [0.25, 0.3) is 0 Å². The van der Waals surface area contributed by atoms with Gasteiger partial charge in [0.15, 0.2) is 21.9 Å². The number of aromatic amines is 1. The van der Waals surface area contributed by atoms with Gasteiger partial charge in [0.1, 0.15) is 11.4 Å². The topological polar surface area (TPSA) is 114 Å². The van der Waals surface area contributed by atoms with Gasteiger partial charge < -0.3 is 10.6 Å². The third kappa shape index (κ3) is 5.39. The van der Waals surface area contributed by atoms with Crippen LogP contribution in [0.2, 0.25) is 0 Å². The predicted molar refractivity (Wildman–Crippen MR) is 90.4 cm³/mol. The molecular weight excluding hydrogens is 310 g/mol. The molecule has 9 nitrogen and oxygen atoms in total. The third-order valence-corrected chi connectivity index (χ3v) is 2.85. The van der Waals surface area contributed by atoms with Crippen molar-refractivity contribution in [2.75, 3.05) is 14.1 Å². The highest BCUT2D eigenvalue weighted by atomic mass is 32.1. The molecule has 1 aromatic heterocycles. The summed E-state index contributed by atoms with van der Waals surface area (Å²) in [6, 6.07) is 0. The van der Waals surface area contributed by atoms with E-state index in [1.165, 1.54) is 0 Å². The number of rotatable bonds is 4. The maximum Gasteiger partial charge on any atom is 0.197 e. The van der Waals surface area contributed by atoms with Gasteiger partial charge >= 0.3 is 0 Å². The molecule has 21 heavy (non-hydrogen) atoms. The van der Waals surface area contributed by atoms with E-state index in [2.05, 4.69) is 46.9 Å².